The first-order chi connectivity index (χ1) is 17.0. The maximum absolute atomic E-state index is 12.7. The first-order valence-corrected chi connectivity index (χ1v) is 11.7. The monoisotopic (exact) mass is 464 g/mol. The number of carbonyl (C=O) groups is 1. The van der Waals surface area contributed by atoms with Crippen molar-refractivity contribution in [1.29, 1.82) is 0 Å². The van der Waals surface area contributed by atoms with Crippen LogP contribution in [0.3, 0.4) is 0 Å². The fourth-order valence-electron chi connectivity index (χ4n) is 4.93. The molecule has 0 heterocycles. The minimum atomic E-state index is 0.0788. The molecule has 1 aliphatic rings. The molecule has 0 saturated heterocycles. The lowest BCUT2D eigenvalue weighted by Gasteiger charge is -2.18. The van der Waals surface area contributed by atoms with Crippen molar-refractivity contribution in [2.45, 2.75) is 27.4 Å². The van der Waals surface area contributed by atoms with E-state index < -0.39 is 0 Å². The van der Waals surface area contributed by atoms with Crippen molar-refractivity contribution in [3.63, 3.8) is 0 Å². The van der Waals surface area contributed by atoms with Gasteiger partial charge in [-0.25, -0.2) is 0 Å². The number of methoxy groups -OCH3 is 1. The number of aryl methyl sites for hydroxylation is 2. The van der Waals surface area contributed by atoms with E-state index in [0.717, 1.165) is 50.4 Å². The molecule has 35 heavy (non-hydrogen) atoms. The summed E-state index contributed by atoms with van der Waals surface area (Å²) in [5.41, 5.74) is 10.4. The summed E-state index contributed by atoms with van der Waals surface area (Å²) in [6, 6.07) is 23.9. The minimum absolute atomic E-state index is 0.0788. The number of hydrogen-bond acceptors (Lipinski definition) is 4. The van der Waals surface area contributed by atoms with Gasteiger partial charge < -0.3 is 14.2 Å². The van der Waals surface area contributed by atoms with Crippen LogP contribution in [-0.2, 0) is 11.3 Å². The van der Waals surface area contributed by atoms with Crippen molar-refractivity contribution >= 4 is 5.78 Å². The highest BCUT2D eigenvalue weighted by Gasteiger charge is 2.26. The Balaban J connectivity index is 1.40. The summed E-state index contributed by atoms with van der Waals surface area (Å²) in [6.45, 7) is 7.02. The predicted octanol–water partition coefficient (Wildman–Crippen LogP) is 7.05. The Labute approximate surface area is 206 Å². The van der Waals surface area contributed by atoms with Gasteiger partial charge in [-0.05, 0) is 95.6 Å². The summed E-state index contributed by atoms with van der Waals surface area (Å²) in [6.07, 6.45) is 0. The zero-order valence-electron chi connectivity index (χ0n) is 20.5. The summed E-state index contributed by atoms with van der Waals surface area (Å²) in [7, 11) is 1.62. The van der Waals surface area contributed by atoms with Crippen LogP contribution in [0.4, 0.5) is 0 Å². The molecule has 0 bridgehead atoms. The molecular weight excluding hydrogens is 436 g/mol. The molecule has 0 radical (unpaired) electrons. The first-order valence-electron chi connectivity index (χ1n) is 11.7. The highest BCUT2D eigenvalue weighted by atomic mass is 16.7. The van der Waals surface area contributed by atoms with Crippen LogP contribution in [0.15, 0.2) is 72.8 Å². The van der Waals surface area contributed by atoms with Crippen LogP contribution in [0.25, 0.3) is 22.3 Å². The third-order valence-electron chi connectivity index (χ3n) is 6.66. The predicted molar refractivity (Wildman–Crippen MR) is 138 cm³/mol. The molecule has 1 aliphatic carbocycles. The van der Waals surface area contributed by atoms with Gasteiger partial charge in [0.05, 0.1) is 0 Å². The minimum Gasteiger partial charge on any atom is -0.489 e. The molecule has 0 amide bonds. The highest BCUT2D eigenvalue weighted by Crippen LogP contribution is 2.39. The SMILES string of the molecule is COCOc1cc(C)c(-c2cccc(COc3ccc4c(c3)-c3ccccc3C4=O)c2C)c(C)c1. The summed E-state index contributed by atoms with van der Waals surface area (Å²) >= 11 is 0. The number of ketones is 1. The Morgan fingerprint density at radius 2 is 1.34 bits per heavy atom. The van der Waals surface area contributed by atoms with E-state index >= 15 is 0 Å². The molecule has 4 heteroatoms. The van der Waals surface area contributed by atoms with Crippen molar-refractivity contribution in [2.24, 2.45) is 0 Å². The molecule has 4 aromatic rings. The van der Waals surface area contributed by atoms with E-state index in [1.54, 1.807) is 7.11 Å². The number of benzene rings is 4. The molecule has 0 aromatic heterocycles. The molecule has 0 atom stereocenters. The Morgan fingerprint density at radius 1 is 0.657 bits per heavy atom. The zero-order chi connectivity index (χ0) is 24.5. The number of fused-ring (bicyclic) bond motifs is 3. The Morgan fingerprint density at radius 3 is 2.09 bits per heavy atom. The molecule has 176 valence electrons. The lowest BCUT2D eigenvalue weighted by Crippen LogP contribution is -2.02. The Hall–Kier alpha value is -3.89. The lowest BCUT2D eigenvalue weighted by molar-refractivity contribution is 0.0510. The van der Waals surface area contributed by atoms with Gasteiger partial charge in [-0.3, -0.25) is 4.79 Å². The standard InChI is InChI=1S/C31H28O4/c1-19-14-24(35-18-33-4)15-20(2)30(19)25-11-7-8-22(21(25)3)17-34-23-12-13-28-29(16-23)26-9-5-6-10-27(26)31(28)32/h5-16H,17-18H2,1-4H3. The number of rotatable bonds is 7. The molecule has 5 rings (SSSR count). The van der Waals surface area contributed by atoms with Crippen LogP contribution >= 0.6 is 0 Å². The molecule has 0 spiro atoms. The van der Waals surface area contributed by atoms with Gasteiger partial charge in [-0.15, -0.1) is 0 Å². The fourth-order valence-corrected chi connectivity index (χ4v) is 4.93. The van der Waals surface area contributed by atoms with Gasteiger partial charge in [0.15, 0.2) is 12.6 Å². The van der Waals surface area contributed by atoms with Gasteiger partial charge in [-0.1, -0.05) is 42.5 Å². The van der Waals surface area contributed by atoms with Crippen molar-refractivity contribution in [2.75, 3.05) is 13.9 Å². The second kappa shape index (κ2) is 9.40. The van der Waals surface area contributed by atoms with Gasteiger partial charge in [0.1, 0.15) is 18.1 Å². The van der Waals surface area contributed by atoms with Gasteiger partial charge in [0.2, 0.25) is 0 Å². The van der Waals surface area contributed by atoms with Gasteiger partial charge in [0.25, 0.3) is 0 Å². The van der Waals surface area contributed by atoms with E-state index in [2.05, 4.69) is 39.0 Å². The van der Waals surface area contributed by atoms with E-state index in [4.69, 9.17) is 14.2 Å². The summed E-state index contributed by atoms with van der Waals surface area (Å²) < 4.78 is 16.9. The second-order valence-corrected chi connectivity index (χ2v) is 8.94. The van der Waals surface area contributed by atoms with Crippen LogP contribution < -0.4 is 9.47 Å². The number of carbonyl (C=O) groups excluding carboxylic acids is 1. The lowest BCUT2D eigenvalue weighted by atomic mass is 9.90. The summed E-state index contributed by atoms with van der Waals surface area (Å²) in [5.74, 6) is 1.64. The van der Waals surface area contributed by atoms with E-state index in [0.29, 0.717) is 6.61 Å². The van der Waals surface area contributed by atoms with Crippen molar-refractivity contribution in [1.82, 2.24) is 0 Å². The van der Waals surface area contributed by atoms with Crippen molar-refractivity contribution in [3.8, 4) is 33.8 Å². The van der Waals surface area contributed by atoms with Gasteiger partial charge in [-0.2, -0.15) is 0 Å². The molecule has 4 nitrogen and oxygen atoms in total. The summed E-state index contributed by atoms with van der Waals surface area (Å²) in [5, 5.41) is 0. The highest BCUT2D eigenvalue weighted by molar-refractivity contribution is 6.21. The largest absolute Gasteiger partial charge is 0.489 e. The molecule has 0 aliphatic heterocycles. The molecule has 0 N–H and O–H groups in total. The second-order valence-electron chi connectivity index (χ2n) is 8.94. The topological polar surface area (TPSA) is 44.8 Å². The fraction of sp³-hybridized carbons (Fsp3) is 0.194. The first kappa shape index (κ1) is 22.9. The van der Waals surface area contributed by atoms with Gasteiger partial charge >= 0.3 is 0 Å². The molecule has 4 aromatic carbocycles. The Kier molecular flexibility index (Phi) is 6.14. The average molecular weight is 465 g/mol. The van der Waals surface area contributed by atoms with Crippen molar-refractivity contribution < 1.29 is 19.0 Å². The summed E-state index contributed by atoms with van der Waals surface area (Å²) in [4.78, 5) is 12.7. The van der Waals surface area contributed by atoms with E-state index in [9.17, 15) is 4.79 Å². The van der Waals surface area contributed by atoms with Crippen LogP contribution in [0, 0.1) is 20.8 Å². The Bertz CT molecular complexity index is 1410. The quantitative estimate of drug-likeness (QED) is 0.242. The smallest absolute Gasteiger partial charge is 0.194 e. The van der Waals surface area contributed by atoms with Crippen LogP contribution in [0.1, 0.15) is 38.2 Å². The maximum atomic E-state index is 12.7. The van der Waals surface area contributed by atoms with E-state index in [-0.39, 0.29) is 12.6 Å². The normalized spacial score (nSPS) is 11.8. The van der Waals surface area contributed by atoms with Crippen LogP contribution in [-0.4, -0.2) is 19.7 Å². The molecule has 0 saturated carbocycles. The third-order valence-corrected chi connectivity index (χ3v) is 6.66. The average Bonchev–Trinajstić information content (AvgIpc) is 3.14. The van der Waals surface area contributed by atoms with Gasteiger partial charge in [0, 0.05) is 18.2 Å². The molecular formula is C31H28O4. The maximum Gasteiger partial charge on any atom is 0.194 e. The van der Waals surface area contributed by atoms with E-state index in [1.807, 2.05) is 54.6 Å². The van der Waals surface area contributed by atoms with E-state index in [1.165, 1.54) is 16.7 Å². The number of ether oxygens (including phenoxy) is 3. The molecule has 0 unspecified atom stereocenters. The zero-order valence-corrected chi connectivity index (χ0v) is 20.5. The van der Waals surface area contributed by atoms with Crippen LogP contribution in [0.5, 0.6) is 11.5 Å². The third kappa shape index (κ3) is 4.22. The molecule has 0 fully saturated rings. The van der Waals surface area contributed by atoms with Crippen molar-refractivity contribution in [3.05, 3.63) is 106 Å². The number of hydrogen-bond donors (Lipinski definition) is 0. The van der Waals surface area contributed by atoms with Crippen LogP contribution in [0.2, 0.25) is 0 Å².